The molecule has 3 aliphatic rings. The Morgan fingerprint density at radius 3 is 2.21 bits per heavy atom. The Morgan fingerprint density at radius 2 is 1.63 bits per heavy atom. The maximum Gasteiger partial charge on any atom is 0.356 e. The van der Waals surface area contributed by atoms with Gasteiger partial charge >= 0.3 is 5.97 Å². The summed E-state index contributed by atoms with van der Waals surface area (Å²) in [5, 5.41) is 14.7. The minimum absolute atomic E-state index is 0.0307. The molecule has 4 atom stereocenters. The molecule has 204 valence electrons. The first-order valence-corrected chi connectivity index (χ1v) is 13.5. The highest BCUT2D eigenvalue weighted by Gasteiger charge is 2.56. The molecular weight excluding hydrogens is 482 g/mol. The average molecular weight is 522 g/mol. The van der Waals surface area contributed by atoms with E-state index in [1.165, 1.54) is 11.1 Å². The quantitative estimate of drug-likeness (QED) is 0.582. The van der Waals surface area contributed by atoms with Gasteiger partial charge < -0.3 is 14.7 Å². The van der Waals surface area contributed by atoms with Crippen molar-refractivity contribution in [3.8, 4) is 0 Å². The van der Waals surface area contributed by atoms with E-state index in [1.54, 1.807) is 6.92 Å². The zero-order valence-corrected chi connectivity index (χ0v) is 22.6. The van der Waals surface area contributed by atoms with E-state index in [2.05, 4.69) is 46.1 Å². The largest absolute Gasteiger partial charge is 0.461 e. The summed E-state index contributed by atoms with van der Waals surface area (Å²) >= 11 is 0. The predicted molar refractivity (Wildman–Crippen MR) is 145 cm³/mol. The van der Waals surface area contributed by atoms with Crippen LogP contribution in [0.3, 0.4) is 0 Å². The number of hydrogen-bond donors (Lipinski definition) is 1. The van der Waals surface area contributed by atoms with Crippen molar-refractivity contribution >= 4 is 17.5 Å². The van der Waals surface area contributed by atoms with Gasteiger partial charge in [-0.1, -0.05) is 79.7 Å². The lowest BCUT2D eigenvalue weighted by molar-refractivity contribution is -0.241. The molecule has 8 heteroatoms. The summed E-state index contributed by atoms with van der Waals surface area (Å²) < 4.78 is 5.02. The van der Waals surface area contributed by atoms with Crippen molar-refractivity contribution in [3.63, 3.8) is 0 Å². The van der Waals surface area contributed by atoms with E-state index < -0.39 is 17.7 Å². The Bertz CT molecular complexity index is 1110. The highest BCUT2D eigenvalue weighted by Crippen LogP contribution is 2.39. The lowest BCUT2D eigenvalue weighted by Gasteiger charge is -2.42. The zero-order valence-electron chi connectivity index (χ0n) is 22.6. The molecule has 3 heterocycles. The van der Waals surface area contributed by atoms with E-state index in [9.17, 15) is 14.7 Å². The van der Waals surface area contributed by atoms with Gasteiger partial charge in [0.2, 0.25) is 0 Å². The molecule has 0 amide bonds. The second-order valence-corrected chi connectivity index (χ2v) is 10.7. The van der Waals surface area contributed by atoms with Crippen LogP contribution in [0.4, 0.5) is 0 Å². The van der Waals surface area contributed by atoms with Gasteiger partial charge in [0.1, 0.15) is 5.78 Å². The molecule has 0 bridgehead atoms. The highest BCUT2D eigenvalue weighted by atomic mass is 16.7. The Balaban J connectivity index is 0.000000194. The van der Waals surface area contributed by atoms with Crippen LogP contribution in [0.5, 0.6) is 0 Å². The van der Waals surface area contributed by atoms with Crippen molar-refractivity contribution in [1.29, 1.82) is 0 Å². The summed E-state index contributed by atoms with van der Waals surface area (Å²) in [5.74, 6) is -1.50. The molecule has 0 spiro atoms. The second-order valence-electron chi connectivity index (χ2n) is 10.7. The molecule has 1 N–H and O–H groups in total. The third-order valence-electron chi connectivity index (χ3n) is 7.18. The smallest absolute Gasteiger partial charge is 0.356 e. The van der Waals surface area contributed by atoms with Gasteiger partial charge in [-0.25, -0.2) is 4.79 Å². The van der Waals surface area contributed by atoms with Crippen molar-refractivity contribution in [1.82, 2.24) is 9.80 Å². The van der Waals surface area contributed by atoms with Gasteiger partial charge in [0, 0.05) is 32.6 Å². The summed E-state index contributed by atoms with van der Waals surface area (Å²) in [6.45, 7) is 10.5. The number of esters is 1. The summed E-state index contributed by atoms with van der Waals surface area (Å²) in [4.78, 5) is 33.1. The molecule has 0 aromatic heterocycles. The van der Waals surface area contributed by atoms with E-state index in [-0.39, 0.29) is 18.2 Å². The number of piperidine rings is 2. The normalized spacial score (nSPS) is 27.4. The van der Waals surface area contributed by atoms with Gasteiger partial charge in [0.15, 0.2) is 5.71 Å². The van der Waals surface area contributed by atoms with Crippen LogP contribution in [-0.4, -0.2) is 70.9 Å². The number of carbonyl (C=O) groups is 2. The van der Waals surface area contributed by atoms with Crippen LogP contribution in [0.2, 0.25) is 0 Å². The Hall–Kier alpha value is -3.07. The molecule has 0 radical (unpaired) electrons. The topological polar surface area (TPSA) is 91.7 Å². The maximum absolute atomic E-state index is 12.0. The first-order chi connectivity index (χ1) is 18.3. The van der Waals surface area contributed by atoms with Gasteiger partial charge in [0.05, 0.1) is 25.6 Å². The summed E-state index contributed by atoms with van der Waals surface area (Å²) in [6.07, 6.45) is 0.755. The van der Waals surface area contributed by atoms with Gasteiger partial charge in [-0.2, -0.15) is 0 Å². The Kier molecular flexibility index (Phi) is 9.31. The van der Waals surface area contributed by atoms with E-state index in [4.69, 9.17) is 9.57 Å². The highest BCUT2D eigenvalue weighted by molar-refractivity contribution is 6.37. The lowest BCUT2D eigenvalue weighted by Crippen LogP contribution is -2.58. The minimum Gasteiger partial charge on any atom is -0.461 e. The maximum atomic E-state index is 12.0. The fraction of sp³-hybridized carbons (Fsp3) is 0.500. The van der Waals surface area contributed by atoms with E-state index in [0.29, 0.717) is 24.8 Å². The van der Waals surface area contributed by atoms with E-state index in [1.807, 2.05) is 43.3 Å². The number of ketones is 1. The Labute approximate surface area is 225 Å². The number of aliphatic hydroxyl groups is 1. The molecule has 0 aliphatic carbocycles. The van der Waals surface area contributed by atoms with Crippen molar-refractivity contribution in [2.24, 2.45) is 22.9 Å². The number of nitrogens with zero attached hydrogens (tertiary/aromatic N) is 3. The van der Waals surface area contributed by atoms with Crippen molar-refractivity contribution in [2.75, 3.05) is 32.8 Å². The van der Waals surface area contributed by atoms with Crippen LogP contribution in [0.25, 0.3) is 0 Å². The van der Waals surface area contributed by atoms with Crippen LogP contribution >= 0.6 is 0 Å². The second kappa shape index (κ2) is 12.7. The number of benzene rings is 2. The average Bonchev–Trinajstić information content (AvgIpc) is 3.23. The van der Waals surface area contributed by atoms with Crippen molar-refractivity contribution in [2.45, 2.75) is 46.1 Å². The molecule has 0 saturated carbocycles. The van der Waals surface area contributed by atoms with E-state index in [0.717, 1.165) is 32.6 Å². The molecule has 2 saturated heterocycles. The van der Waals surface area contributed by atoms with Gasteiger partial charge in [0.25, 0.3) is 5.79 Å². The number of Topliss-reactive ketones (excluding diaryl/α,β-unsaturated/α-hetero) is 1. The van der Waals surface area contributed by atoms with Crippen LogP contribution in [0, 0.1) is 17.8 Å². The summed E-state index contributed by atoms with van der Waals surface area (Å²) in [6, 6.07) is 20.4. The fourth-order valence-electron chi connectivity index (χ4n) is 5.76. The fourth-order valence-corrected chi connectivity index (χ4v) is 5.76. The SMILES string of the molecule is CCOC(=O)C1=NOC2(O)CN(Cc3ccccc3)C[C@H](C)C12.C[C@@H]1CC(=O)CN(Cc2ccccc2)C1. The third-order valence-corrected chi connectivity index (χ3v) is 7.18. The minimum atomic E-state index is -1.46. The number of likely N-dealkylation sites (tertiary alicyclic amines) is 2. The summed E-state index contributed by atoms with van der Waals surface area (Å²) in [7, 11) is 0. The summed E-state index contributed by atoms with van der Waals surface area (Å²) in [5.41, 5.74) is 2.66. The monoisotopic (exact) mass is 521 g/mol. The standard InChI is InChI=1S/C17H22N2O4.C13H17NO/c1-3-22-16(20)15-14-12(2)9-19(11-17(14,21)23-18-15)10-13-7-5-4-6-8-13;1-11-7-13(15)10-14(8-11)9-12-5-3-2-4-6-12/h4-8,12,14,21H,3,9-11H2,1-2H3;2-6,11H,7-10H2,1H3/t12-,14?,17?;11-/m01/s1. The molecular formula is C30H39N3O5. The number of ether oxygens (including phenoxy) is 1. The van der Waals surface area contributed by atoms with Crippen LogP contribution in [-0.2, 0) is 32.3 Å². The van der Waals surface area contributed by atoms with Gasteiger partial charge in [-0.05, 0) is 29.9 Å². The third kappa shape index (κ3) is 7.07. The molecule has 2 unspecified atom stereocenters. The predicted octanol–water partition coefficient (Wildman–Crippen LogP) is 3.49. The first kappa shape index (κ1) is 28.0. The molecule has 38 heavy (non-hydrogen) atoms. The van der Waals surface area contributed by atoms with Gasteiger partial charge in [-0.3, -0.25) is 14.6 Å². The molecule has 2 aromatic carbocycles. The number of carbonyl (C=O) groups excluding carboxylic acids is 2. The number of fused-ring (bicyclic) bond motifs is 1. The molecule has 2 fully saturated rings. The molecule has 8 nitrogen and oxygen atoms in total. The molecule has 3 aliphatic heterocycles. The molecule has 5 rings (SSSR count). The number of oxime groups is 1. The van der Waals surface area contributed by atoms with Crippen LogP contribution < -0.4 is 0 Å². The van der Waals surface area contributed by atoms with Crippen molar-refractivity contribution < 1.29 is 24.3 Å². The van der Waals surface area contributed by atoms with Crippen LogP contribution in [0.15, 0.2) is 65.8 Å². The zero-order chi connectivity index (χ0) is 27.1. The van der Waals surface area contributed by atoms with Gasteiger partial charge in [-0.15, -0.1) is 0 Å². The van der Waals surface area contributed by atoms with Crippen LogP contribution in [0.1, 0.15) is 38.3 Å². The van der Waals surface area contributed by atoms with Crippen molar-refractivity contribution in [3.05, 3.63) is 71.8 Å². The Morgan fingerprint density at radius 1 is 1.03 bits per heavy atom. The number of hydrogen-bond acceptors (Lipinski definition) is 8. The molecule has 2 aromatic rings. The lowest BCUT2D eigenvalue weighted by atomic mass is 9.79. The number of β-amino-alcohol motifs (C(OH)–C–C–N with tert-alkyl or cyclic N) is 1. The van der Waals surface area contributed by atoms with E-state index >= 15 is 0 Å². The first-order valence-electron chi connectivity index (χ1n) is 13.5. The number of rotatable bonds is 6.